The summed E-state index contributed by atoms with van der Waals surface area (Å²) >= 11 is 1.45. The van der Waals surface area contributed by atoms with Crippen LogP contribution in [0.1, 0.15) is 44.1 Å². The Labute approximate surface area is 151 Å². The highest BCUT2D eigenvalue weighted by atomic mass is 32.1. The van der Waals surface area contributed by atoms with Gasteiger partial charge >= 0.3 is 5.97 Å². The number of hydrogen-bond acceptors (Lipinski definition) is 4. The van der Waals surface area contributed by atoms with Crippen molar-refractivity contribution < 1.29 is 14.3 Å². The number of nitrogens with zero attached hydrogens (tertiary/aromatic N) is 2. The maximum Gasteiger partial charge on any atom is 0.325 e. The van der Waals surface area contributed by atoms with Crippen molar-refractivity contribution in [3.05, 3.63) is 28.6 Å². The van der Waals surface area contributed by atoms with Crippen molar-refractivity contribution in [1.29, 1.82) is 0 Å². The molecule has 1 aromatic heterocycles. The molecule has 0 radical (unpaired) electrons. The molecule has 1 aromatic carbocycles. The summed E-state index contributed by atoms with van der Waals surface area (Å²) in [6.07, 6.45) is 6.44. The third-order valence-electron chi connectivity index (χ3n) is 4.76. The standard InChI is InChI=1S/C19H24N2O3S/c1-13-8-9-15-16(10-13)25-19(21(15)12-18(23)24-2)20-17(22)11-14-6-4-3-5-7-14/h8-10,14H,3-7,11-12H2,1-2H3. The van der Waals surface area contributed by atoms with Crippen molar-refractivity contribution in [2.75, 3.05) is 7.11 Å². The number of carbonyl (C=O) groups excluding carboxylic acids is 2. The number of amides is 1. The van der Waals surface area contributed by atoms with Crippen LogP contribution in [0.5, 0.6) is 0 Å². The molecule has 5 nitrogen and oxygen atoms in total. The van der Waals surface area contributed by atoms with E-state index < -0.39 is 0 Å². The van der Waals surface area contributed by atoms with Crippen molar-refractivity contribution in [2.24, 2.45) is 10.9 Å². The molecule has 0 saturated heterocycles. The van der Waals surface area contributed by atoms with Crippen molar-refractivity contribution in [3.63, 3.8) is 0 Å². The van der Waals surface area contributed by atoms with Gasteiger partial charge in [-0.3, -0.25) is 9.59 Å². The number of aromatic nitrogens is 1. The number of esters is 1. The molecule has 0 bridgehead atoms. The average Bonchev–Trinajstić information content (AvgIpc) is 2.91. The van der Waals surface area contributed by atoms with Gasteiger partial charge in [-0.25, -0.2) is 0 Å². The van der Waals surface area contributed by atoms with Gasteiger partial charge in [0.15, 0.2) is 4.80 Å². The van der Waals surface area contributed by atoms with Crippen LogP contribution in [0.2, 0.25) is 0 Å². The lowest BCUT2D eigenvalue weighted by Crippen LogP contribution is -2.23. The van der Waals surface area contributed by atoms with E-state index in [1.807, 2.05) is 19.1 Å². The fourth-order valence-corrected chi connectivity index (χ4v) is 4.55. The normalized spacial score (nSPS) is 16.3. The molecule has 1 amide bonds. The van der Waals surface area contributed by atoms with Gasteiger partial charge in [-0.1, -0.05) is 36.7 Å². The highest BCUT2D eigenvalue weighted by molar-refractivity contribution is 7.16. The zero-order valence-electron chi connectivity index (χ0n) is 14.8. The Balaban J connectivity index is 1.93. The number of methoxy groups -OCH3 is 1. The smallest absolute Gasteiger partial charge is 0.325 e. The quantitative estimate of drug-likeness (QED) is 0.783. The molecule has 0 N–H and O–H groups in total. The van der Waals surface area contributed by atoms with Gasteiger partial charge in [0.2, 0.25) is 5.91 Å². The minimum absolute atomic E-state index is 0.0646. The average molecular weight is 360 g/mol. The second-order valence-corrected chi connectivity index (χ2v) is 7.74. The number of carbonyl (C=O) groups is 2. The Morgan fingerprint density at radius 2 is 2.04 bits per heavy atom. The van der Waals surface area contributed by atoms with Crippen LogP contribution >= 0.6 is 11.3 Å². The second kappa shape index (κ2) is 7.95. The molecule has 6 heteroatoms. The lowest BCUT2D eigenvalue weighted by Gasteiger charge is -2.19. The van der Waals surface area contributed by atoms with Gasteiger partial charge in [-0.05, 0) is 43.4 Å². The lowest BCUT2D eigenvalue weighted by atomic mass is 9.87. The molecule has 25 heavy (non-hydrogen) atoms. The Hall–Kier alpha value is -1.95. The third kappa shape index (κ3) is 4.37. The first-order chi connectivity index (χ1) is 12.1. The predicted molar refractivity (Wildman–Crippen MR) is 98.3 cm³/mol. The third-order valence-corrected chi connectivity index (χ3v) is 5.80. The SMILES string of the molecule is COC(=O)Cn1c(=NC(=O)CC2CCCCC2)sc2cc(C)ccc21. The second-order valence-electron chi connectivity index (χ2n) is 6.73. The molecular weight excluding hydrogens is 336 g/mol. The topological polar surface area (TPSA) is 60.7 Å². The number of hydrogen-bond donors (Lipinski definition) is 0. The molecule has 0 atom stereocenters. The molecule has 2 aromatic rings. The van der Waals surface area contributed by atoms with E-state index in [4.69, 9.17) is 4.74 Å². The van der Waals surface area contributed by atoms with E-state index in [-0.39, 0.29) is 18.4 Å². The first-order valence-corrected chi connectivity index (χ1v) is 9.63. The van der Waals surface area contributed by atoms with Crippen molar-refractivity contribution >= 4 is 33.4 Å². The van der Waals surface area contributed by atoms with Crippen LogP contribution in [0.15, 0.2) is 23.2 Å². The van der Waals surface area contributed by atoms with Crippen molar-refractivity contribution in [1.82, 2.24) is 4.57 Å². The molecule has 1 aliphatic carbocycles. The van der Waals surface area contributed by atoms with Crippen LogP contribution in [0.4, 0.5) is 0 Å². The molecule has 0 aliphatic heterocycles. The molecule has 134 valence electrons. The Morgan fingerprint density at radius 3 is 2.76 bits per heavy atom. The van der Waals surface area contributed by atoms with Crippen LogP contribution < -0.4 is 4.80 Å². The maximum atomic E-state index is 12.4. The van der Waals surface area contributed by atoms with Gasteiger partial charge in [0.25, 0.3) is 0 Å². The highest BCUT2D eigenvalue weighted by Gasteiger charge is 2.17. The minimum atomic E-state index is -0.346. The number of thiazole rings is 1. The summed E-state index contributed by atoms with van der Waals surface area (Å²) in [4.78, 5) is 29.1. The van der Waals surface area contributed by atoms with E-state index >= 15 is 0 Å². The molecule has 1 aliphatic rings. The molecule has 0 unspecified atom stereocenters. The largest absolute Gasteiger partial charge is 0.468 e. The molecule has 0 spiro atoms. The summed E-state index contributed by atoms with van der Waals surface area (Å²) in [7, 11) is 1.37. The predicted octanol–water partition coefficient (Wildman–Crippen LogP) is 3.58. The van der Waals surface area contributed by atoms with Gasteiger partial charge in [-0.15, -0.1) is 0 Å². The van der Waals surface area contributed by atoms with Crippen LogP contribution in [-0.2, 0) is 20.9 Å². The summed E-state index contributed by atoms with van der Waals surface area (Å²) in [5.41, 5.74) is 2.05. The summed E-state index contributed by atoms with van der Waals surface area (Å²) in [6, 6.07) is 6.02. The van der Waals surface area contributed by atoms with E-state index in [0.29, 0.717) is 17.1 Å². The van der Waals surface area contributed by atoms with Crippen LogP contribution in [0.3, 0.4) is 0 Å². The fourth-order valence-electron chi connectivity index (χ4n) is 3.40. The highest BCUT2D eigenvalue weighted by Crippen LogP contribution is 2.26. The van der Waals surface area contributed by atoms with Crippen molar-refractivity contribution in [3.8, 4) is 0 Å². The van der Waals surface area contributed by atoms with Gasteiger partial charge in [0.05, 0.1) is 17.3 Å². The van der Waals surface area contributed by atoms with Crippen LogP contribution in [0.25, 0.3) is 10.2 Å². The maximum absolute atomic E-state index is 12.4. The van der Waals surface area contributed by atoms with Gasteiger partial charge in [0, 0.05) is 6.42 Å². The molecule has 1 saturated carbocycles. The molecule has 1 fully saturated rings. The van der Waals surface area contributed by atoms with Crippen molar-refractivity contribution in [2.45, 2.75) is 52.0 Å². The fraction of sp³-hybridized carbons (Fsp3) is 0.526. The molecular formula is C19H24N2O3S. The number of benzene rings is 1. The molecule has 3 rings (SSSR count). The van der Waals surface area contributed by atoms with Gasteiger partial charge in [0.1, 0.15) is 6.54 Å². The summed E-state index contributed by atoms with van der Waals surface area (Å²) in [5.74, 6) is 0.0194. The summed E-state index contributed by atoms with van der Waals surface area (Å²) < 4.78 is 7.60. The van der Waals surface area contributed by atoms with E-state index in [0.717, 1.165) is 28.6 Å². The van der Waals surface area contributed by atoms with Gasteiger partial charge < -0.3 is 9.30 Å². The van der Waals surface area contributed by atoms with Gasteiger partial charge in [-0.2, -0.15) is 4.99 Å². The van der Waals surface area contributed by atoms with Crippen LogP contribution in [0, 0.1) is 12.8 Å². The Bertz CT molecular complexity index is 844. The summed E-state index contributed by atoms with van der Waals surface area (Å²) in [6.45, 7) is 2.09. The van der Waals surface area contributed by atoms with Crippen LogP contribution in [-0.4, -0.2) is 23.6 Å². The zero-order chi connectivity index (χ0) is 17.8. The number of ether oxygens (including phenoxy) is 1. The summed E-state index contributed by atoms with van der Waals surface area (Å²) in [5, 5.41) is 0. The van der Waals surface area contributed by atoms with E-state index in [9.17, 15) is 9.59 Å². The lowest BCUT2D eigenvalue weighted by molar-refractivity contribution is -0.141. The van der Waals surface area contributed by atoms with E-state index in [2.05, 4.69) is 11.1 Å². The Morgan fingerprint density at radius 1 is 1.28 bits per heavy atom. The van der Waals surface area contributed by atoms with E-state index in [1.165, 1.54) is 37.7 Å². The number of aryl methyl sites for hydroxylation is 1. The Kier molecular flexibility index (Phi) is 5.68. The zero-order valence-corrected chi connectivity index (χ0v) is 15.6. The number of rotatable bonds is 4. The van der Waals surface area contributed by atoms with E-state index in [1.54, 1.807) is 4.57 Å². The first-order valence-electron chi connectivity index (χ1n) is 8.81. The minimum Gasteiger partial charge on any atom is -0.468 e. The monoisotopic (exact) mass is 360 g/mol. The molecule has 1 heterocycles. The first kappa shape index (κ1) is 17.9. The number of fused-ring (bicyclic) bond motifs is 1.